The molecule has 280 valence electrons. The highest BCUT2D eigenvalue weighted by Crippen LogP contribution is 2.56. The Morgan fingerprint density at radius 1 is 0.526 bits per heavy atom. The lowest BCUT2D eigenvalue weighted by atomic mass is 9.67. The Balaban J connectivity index is 1.21. The molecule has 7 aromatic rings. The SMILES string of the molecule is CCC1C(c2ccccc2)=NC(c2ccc3c(c2)C(c2ccccc2)(c2ccccc2)c2ccccc2-3)=NC1c1ccc(-c2ccc(C(C)C)nc2C(C)C)cc1. The van der Waals surface area contributed by atoms with Crippen molar-refractivity contribution in [3.05, 3.63) is 220 Å². The minimum absolute atomic E-state index is 0.101. The molecule has 0 fully saturated rings. The van der Waals surface area contributed by atoms with Crippen molar-refractivity contribution in [2.24, 2.45) is 15.9 Å². The Morgan fingerprint density at radius 2 is 1.11 bits per heavy atom. The molecule has 0 amide bonds. The van der Waals surface area contributed by atoms with Crippen molar-refractivity contribution in [2.75, 3.05) is 0 Å². The number of fused-ring (bicyclic) bond motifs is 3. The number of aromatic nitrogens is 1. The van der Waals surface area contributed by atoms with Gasteiger partial charge in [-0.3, -0.25) is 9.98 Å². The Morgan fingerprint density at radius 3 is 1.74 bits per heavy atom. The molecule has 0 spiro atoms. The van der Waals surface area contributed by atoms with Gasteiger partial charge in [-0.25, -0.2) is 4.99 Å². The highest BCUT2D eigenvalue weighted by Gasteiger charge is 2.46. The average molecular weight is 740 g/mol. The molecule has 0 radical (unpaired) electrons. The van der Waals surface area contributed by atoms with E-state index in [2.05, 4.69) is 204 Å². The van der Waals surface area contributed by atoms with Crippen LogP contribution < -0.4 is 0 Å². The first-order valence-electron chi connectivity index (χ1n) is 20.6. The zero-order valence-corrected chi connectivity index (χ0v) is 33.5. The van der Waals surface area contributed by atoms with E-state index >= 15 is 0 Å². The molecule has 2 atom stereocenters. The number of amidine groups is 1. The van der Waals surface area contributed by atoms with Gasteiger partial charge in [0.1, 0.15) is 0 Å². The van der Waals surface area contributed by atoms with E-state index in [0.29, 0.717) is 11.8 Å². The predicted molar refractivity (Wildman–Crippen MR) is 238 cm³/mol. The van der Waals surface area contributed by atoms with Gasteiger partial charge in [0, 0.05) is 22.7 Å². The zero-order valence-electron chi connectivity index (χ0n) is 33.5. The molecular weight excluding hydrogens is 691 g/mol. The van der Waals surface area contributed by atoms with E-state index in [1.807, 2.05) is 0 Å². The second kappa shape index (κ2) is 15.0. The highest BCUT2D eigenvalue weighted by atomic mass is 15.0. The zero-order chi connectivity index (χ0) is 39.1. The molecule has 1 aliphatic carbocycles. The number of pyridine rings is 1. The summed E-state index contributed by atoms with van der Waals surface area (Å²) >= 11 is 0. The molecule has 0 saturated heterocycles. The quantitative estimate of drug-likeness (QED) is 0.145. The first-order valence-corrected chi connectivity index (χ1v) is 20.6. The van der Waals surface area contributed by atoms with Crippen molar-refractivity contribution in [2.45, 2.75) is 64.3 Å². The Kier molecular flexibility index (Phi) is 9.62. The van der Waals surface area contributed by atoms with Gasteiger partial charge >= 0.3 is 0 Å². The van der Waals surface area contributed by atoms with Crippen molar-refractivity contribution < 1.29 is 0 Å². The third-order valence-electron chi connectivity index (χ3n) is 12.1. The van der Waals surface area contributed by atoms with Crippen molar-refractivity contribution in [1.82, 2.24) is 4.98 Å². The maximum Gasteiger partial charge on any atom is 0.155 e. The van der Waals surface area contributed by atoms with Gasteiger partial charge in [0.05, 0.1) is 22.9 Å². The first kappa shape index (κ1) is 36.4. The summed E-state index contributed by atoms with van der Waals surface area (Å²) in [5.41, 5.74) is 16.2. The van der Waals surface area contributed by atoms with Crippen LogP contribution in [0.25, 0.3) is 22.3 Å². The molecule has 1 aliphatic heterocycles. The summed E-state index contributed by atoms with van der Waals surface area (Å²) in [5.74, 6) is 1.60. The van der Waals surface area contributed by atoms with E-state index in [1.54, 1.807) is 0 Å². The maximum absolute atomic E-state index is 5.61. The van der Waals surface area contributed by atoms with E-state index in [0.717, 1.165) is 40.5 Å². The van der Waals surface area contributed by atoms with Crippen molar-refractivity contribution in [3.8, 4) is 22.3 Å². The summed E-state index contributed by atoms with van der Waals surface area (Å²) in [6.45, 7) is 11.2. The van der Waals surface area contributed by atoms with Crippen LogP contribution in [0.3, 0.4) is 0 Å². The predicted octanol–water partition coefficient (Wildman–Crippen LogP) is 13.4. The minimum Gasteiger partial charge on any atom is -0.257 e. The summed E-state index contributed by atoms with van der Waals surface area (Å²) in [7, 11) is 0. The molecular formula is C54H49N3. The molecule has 3 heteroatoms. The van der Waals surface area contributed by atoms with Gasteiger partial charge in [-0.1, -0.05) is 192 Å². The van der Waals surface area contributed by atoms with Crippen LogP contribution >= 0.6 is 0 Å². The number of benzene rings is 6. The Hall–Kier alpha value is -6.19. The second-order valence-electron chi connectivity index (χ2n) is 16.2. The van der Waals surface area contributed by atoms with E-state index in [4.69, 9.17) is 15.0 Å². The third-order valence-corrected chi connectivity index (χ3v) is 12.1. The van der Waals surface area contributed by atoms with Crippen LogP contribution in [0.4, 0.5) is 0 Å². The smallest absolute Gasteiger partial charge is 0.155 e. The van der Waals surface area contributed by atoms with E-state index < -0.39 is 5.41 Å². The summed E-state index contributed by atoms with van der Waals surface area (Å²) in [4.78, 5) is 16.2. The number of rotatable bonds is 9. The summed E-state index contributed by atoms with van der Waals surface area (Å²) in [5, 5.41) is 0. The fraction of sp³-hybridized carbons (Fsp3) is 0.204. The first-order chi connectivity index (χ1) is 27.9. The average Bonchev–Trinajstić information content (AvgIpc) is 3.57. The standard InChI is InChI=1S/C54H49N3/c1-6-43-51(38-18-10-7-11-19-38)56-53(57-52(43)39-28-26-37(27-29-39)44-32-33-49(35(2)3)55-50(44)36(4)5)40-30-31-46-45-24-16-17-25-47(45)54(48(46)34-40,41-20-12-8-13-21-41)42-22-14-9-15-23-42/h7-36,43,52H,6H2,1-5H3. The molecule has 2 heterocycles. The second-order valence-corrected chi connectivity index (χ2v) is 16.2. The molecule has 57 heavy (non-hydrogen) atoms. The van der Waals surface area contributed by atoms with E-state index in [9.17, 15) is 0 Å². The van der Waals surface area contributed by atoms with Gasteiger partial charge in [-0.15, -0.1) is 0 Å². The van der Waals surface area contributed by atoms with Gasteiger partial charge in [0.15, 0.2) is 5.84 Å². The fourth-order valence-corrected chi connectivity index (χ4v) is 9.29. The molecule has 0 bridgehead atoms. The lowest BCUT2D eigenvalue weighted by molar-refractivity contribution is 0.532. The fourth-order valence-electron chi connectivity index (χ4n) is 9.29. The largest absolute Gasteiger partial charge is 0.257 e. The van der Waals surface area contributed by atoms with E-state index in [-0.39, 0.29) is 12.0 Å². The van der Waals surface area contributed by atoms with Gasteiger partial charge in [-0.2, -0.15) is 0 Å². The highest BCUT2D eigenvalue weighted by molar-refractivity contribution is 6.15. The van der Waals surface area contributed by atoms with Gasteiger partial charge in [-0.05, 0) is 80.5 Å². The normalized spacial score (nSPS) is 16.9. The molecule has 1 aromatic heterocycles. The third kappa shape index (κ3) is 6.26. The monoisotopic (exact) mass is 739 g/mol. The van der Waals surface area contributed by atoms with Crippen LogP contribution in [0.2, 0.25) is 0 Å². The molecule has 6 aromatic carbocycles. The molecule has 2 unspecified atom stereocenters. The lowest BCUT2D eigenvalue weighted by Crippen LogP contribution is -2.29. The molecule has 0 N–H and O–H groups in total. The number of aliphatic imine (C=N–C) groups is 2. The molecule has 9 rings (SSSR count). The Bertz CT molecular complexity index is 2560. The number of hydrogen-bond acceptors (Lipinski definition) is 3. The maximum atomic E-state index is 5.61. The van der Waals surface area contributed by atoms with Crippen molar-refractivity contribution in [1.29, 1.82) is 0 Å². The van der Waals surface area contributed by atoms with Gasteiger partial charge in [0.25, 0.3) is 0 Å². The molecule has 0 saturated carbocycles. The van der Waals surface area contributed by atoms with Crippen LogP contribution in [0.15, 0.2) is 180 Å². The summed E-state index contributed by atoms with van der Waals surface area (Å²) in [6.07, 6.45) is 0.916. The van der Waals surface area contributed by atoms with Crippen LogP contribution in [0.5, 0.6) is 0 Å². The van der Waals surface area contributed by atoms with Gasteiger partial charge in [0.2, 0.25) is 0 Å². The van der Waals surface area contributed by atoms with Crippen molar-refractivity contribution in [3.63, 3.8) is 0 Å². The topological polar surface area (TPSA) is 37.6 Å². The van der Waals surface area contributed by atoms with Crippen LogP contribution in [0.1, 0.15) is 109 Å². The Labute approximate surface area is 338 Å². The van der Waals surface area contributed by atoms with Crippen LogP contribution in [-0.4, -0.2) is 16.5 Å². The lowest BCUT2D eigenvalue weighted by Gasteiger charge is -2.34. The molecule has 3 nitrogen and oxygen atoms in total. The minimum atomic E-state index is -0.496. The number of hydrogen-bond donors (Lipinski definition) is 0. The number of nitrogens with zero attached hydrogens (tertiary/aromatic N) is 3. The molecule has 2 aliphatic rings. The van der Waals surface area contributed by atoms with Gasteiger partial charge < -0.3 is 0 Å². The summed E-state index contributed by atoms with van der Waals surface area (Å²) < 4.78 is 0. The van der Waals surface area contributed by atoms with E-state index in [1.165, 1.54) is 50.1 Å². The van der Waals surface area contributed by atoms with Crippen LogP contribution in [0, 0.1) is 5.92 Å². The van der Waals surface area contributed by atoms with Crippen molar-refractivity contribution >= 4 is 11.5 Å². The summed E-state index contributed by atoms with van der Waals surface area (Å²) in [6, 6.07) is 62.0. The van der Waals surface area contributed by atoms with Crippen LogP contribution in [-0.2, 0) is 5.41 Å².